The minimum absolute atomic E-state index is 0.126. The Labute approximate surface area is 204 Å². The molecular formula is C26H20F2N4O4. The van der Waals surface area contributed by atoms with Crippen LogP contribution in [0.25, 0.3) is 11.5 Å². The highest BCUT2D eigenvalue weighted by atomic mass is 19.1. The van der Waals surface area contributed by atoms with Gasteiger partial charge >= 0.3 is 0 Å². The van der Waals surface area contributed by atoms with Gasteiger partial charge in [0, 0.05) is 30.1 Å². The van der Waals surface area contributed by atoms with Crippen molar-refractivity contribution in [3.8, 4) is 23.0 Å². The minimum atomic E-state index is -1.41. The molecular weight excluding hydrogens is 470 g/mol. The summed E-state index contributed by atoms with van der Waals surface area (Å²) in [6, 6.07) is 13.8. The third-order valence-electron chi connectivity index (χ3n) is 5.93. The summed E-state index contributed by atoms with van der Waals surface area (Å²) in [4.78, 5) is 30.6. The van der Waals surface area contributed by atoms with E-state index >= 15 is 4.39 Å². The molecule has 1 saturated carbocycles. The molecule has 5 rings (SSSR count). The molecule has 1 aliphatic carbocycles. The van der Waals surface area contributed by atoms with Crippen LogP contribution in [-0.4, -0.2) is 22.0 Å². The lowest BCUT2D eigenvalue weighted by molar-refractivity contribution is -0.133. The van der Waals surface area contributed by atoms with Gasteiger partial charge in [0.05, 0.1) is 11.4 Å². The second-order valence-corrected chi connectivity index (χ2v) is 8.49. The molecule has 2 heterocycles. The molecule has 0 spiro atoms. The second-order valence-electron chi connectivity index (χ2n) is 8.49. The maximum absolute atomic E-state index is 15.4. The number of aromatic nitrogens is 2. The smallest absolute Gasteiger partial charge is 0.247 e. The highest BCUT2D eigenvalue weighted by Gasteiger charge is 2.57. The van der Waals surface area contributed by atoms with Crippen molar-refractivity contribution in [3.05, 3.63) is 84.2 Å². The molecule has 182 valence electrons. The van der Waals surface area contributed by atoms with Crippen molar-refractivity contribution in [1.29, 1.82) is 0 Å². The number of nitrogens with two attached hydrogens (primary N) is 1. The van der Waals surface area contributed by atoms with Crippen LogP contribution in [-0.2, 0) is 9.59 Å². The fourth-order valence-corrected chi connectivity index (χ4v) is 3.82. The van der Waals surface area contributed by atoms with E-state index in [0.717, 1.165) is 23.1 Å². The monoisotopic (exact) mass is 490 g/mol. The van der Waals surface area contributed by atoms with Crippen LogP contribution in [0.5, 0.6) is 11.5 Å². The molecule has 1 fully saturated rings. The van der Waals surface area contributed by atoms with E-state index in [1.54, 1.807) is 25.1 Å². The summed E-state index contributed by atoms with van der Waals surface area (Å²) < 4.78 is 39.9. The van der Waals surface area contributed by atoms with Crippen LogP contribution >= 0.6 is 0 Å². The molecule has 0 radical (unpaired) electrons. The number of ether oxygens (including phenoxy) is 1. The van der Waals surface area contributed by atoms with Crippen LogP contribution in [0.2, 0.25) is 0 Å². The Balaban J connectivity index is 1.46. The van der Waals surface area contributed by atoms with Gasteiger partial charge in [0.1, 0.15) is 28.4 Å². The molecule has 10 heteroatoms. The van der Waals surface area contributed by atoms with Crippen LogP contribution in [0.3, 0.4) is 0 Å². The maximum Gasteiger partial charge on any atom is 0.247 e. The Morgan fingerprint density at radius 1 is 1.03 bits per heavy atom. The summed E-state index contributed by atoms with van der Waals surface area (Å²) in [7, 11) is 0. The number of anilines is 2. The van der Waals surface area contributed by atoms with Gasteiger partial charge < -0.3 is 15.0 Å². The Hall–Kier alpha value is -4.60. The van der Waals surface area contributed by atoms with Gasteiger partial charge in [-0.25, -0.2) is 8.78 Å². The van der Waals surface area contributed by atoms with E-state index < -0.39 is 28.9 Å². The lowest BCUT2D eigenvalue weighted by Gasteiger charge is -2.27. The number of carbonyl (C=O) groups is 2. The predicted octanol–water partition coefficient (Wildman–Crippen LogP) is 5.05. The lowest BCUT2D eigenvalue weighted by atomic mass is 10.0. The third kappa shape index (κ3) is 4.28. The molecule has 0 aliphatic heterocycles. The van der Waals surface area contributed by atoms with E-state index in [9.17, 15) is 14.0 Å². The first kappa shape index (κ1) is 23.2. The summed E-state index contributed by atoms with van der Waals surface area (Å²) >= 11 is 0. The molecule has 2 aromatic heterocycles. The molecule has 0 saturated heterocycles. The van der Waals surface area contributed by atoms with Crippen LogP contribution in [0.4, 0.5) is 20.2 Å². The Morgan fingerprint density at radius 3 is 2.36 bits per heavy atom. The van der Waals surface area contributed by atoms with Gasteiger partial charge in [0.2, 0.25) is 11.8 Å². The van der Waals surface area contributed by atoms with Crippen molar-refractivity contribution in [2.45, 2.75) is 19.8 Å². The average molecular weight is 490 g/mol. The molecule has 0 atom stereocenters. The Kier molecular flexibility index (Phi) is 5.71. The quantitative estimate of drug-likeness (QED) is 0.363. The zero-order valence-corrected chi connectivity index (χ0v) is 19.1. The molecule has 2 N–H and O–H groups in total. The number of nitrogens with zero attached hydrogens (tertiary/aromatic N) is 3. The summed E-state index contributed by atoms with van der Waals surface area (Å²) in [5.74, 6) is -1.78. The van der Waals surface area contributed by atoms with E-state index in [4.69, 9.17) is 15.0 Å². The topological polar surface area (TPSA) is 112 Å². The average Bonchev–Trinajstić information content (AvgIpc) is 3.57. The standard InChI is InChI=1S/C26H20F2N4O4/c1-15-12-23(36-31-15)21-14-19(8-11-30-21)35-18-6-7-22(20(28)13-18)32(17-4-2-16(27)3-5-17)25(34)26(9-10-26)24(29)33/h2-8,11-14H,9-10H2,1H3,(H2,29,33). The number of hydrogen-bond acceptors (Lipinski definition) is 6. The molecule has 2 amide bonds. The normalized spacial score (nSPS) is 13.8. The predicted molar refractivity (Wildman–Crippen MR) is 125 cm³/mol. The SMILES string of the molecule is Cc1cc(-c2cc(Oc3ccc(N(C(=O)C4(C(N)=O)CC4)c4ccc(F)cc4)c(F)c3)ccn2)on1. The van der Waals surface area contributed by atoms with Crippen molar-refractivity contribution in [1.82, 2.24) is 10.1 Å². The van der Waals surface area contributed by atoms with Gasteiger partial charge in [-0.15, -0.1) is 0 Å². The summed E-state index contributed by atoms with van der Waals surface area (Å²) in [5.41, 5.74) is 5.32. The van der Waals surface area contributed by atoms with Crippen molar-refractivity contribution in [2.75, 3.05) is 4.90 Å². The van der Waals surface area contributed by atoms with Crippen molar-refractivity contribution < 1.29 is 27.6 Å². The first-order chi connectivity index (χ1) is 17.3. The zero-order valence-electron chi connectivity index (χ0n) is 19.1. The number of aryl methyl sites for hydroxylation is 1. The zero-order chi connectivity index (χ0) is 25.4. The van der Waals surface area contributed by atoms with E-state index in [0.29, 0.717) is 22.9 Å². The number of hydrogen-bond donors (Lipinski definition) is 1. The van der Waals surface area contributed by atoms with Crippen LogP contribution in [0, 0.1) is 24.0 Å². The van der Waals surface area contributed by atoms with E-state index in [1.165, 1.54) is 30.5 Å². The lowest BCUT2D eigenvalue weighted by Crippen LogP contribution is -2.41. The van der Waals surface area contributed by atoms with Gasteiger partial charge in [-0.05, 0) is 62.2 Å². The van der Waals surface area contributed by atoms with Gasteiger partial charge in [0.15, 0.2) is 11.6 Å². The number of primary amides is 1. The van der Waals surface area contributed by atoms with Crippen LogP contribution < -0.4 is 15.4 Å². The largest absolute Gasteiger partial charge is 0.457 e. The number of amides is 2. The maximum atomic E-state index is 15.4. The third-order valence-corrected chi connectivity index (χ3v) is 5.93. The van der Waals surface area contributed by atoms with Crippen molar-refractivity contribution >= 4 is 23.2 Å². The number of rotatable bonds is 7. The Morgan fingerprint density at radius 2 is 1.75 bits per heavy atom. The van der Waals surface area contributed by atoms with Gasteiger partial charge in [-0.1, -0.05) is 5.16 Å². The van der Waals surface area contributed by atoms with E-state index in [1.807, 2.05) is 0 Å². The summed E-state index contributed by atoms with van der Waals surface area (Å²) in [6.07, 6.45) is 2.04. The molecule has 0 unspecified atom stereocenters. The number of halogens is 2. The summed E-state index contributed by atoms with van der Waals surface area (Å²) in [6.45, 7) is 1.78. The highest BCUT2D eigenvalue weighted by Crippen LogP contribution is 2.49. The van der Waals surface area contributed by atoms with E-state index in [2.05, 4.69) is 10.1 Å². The van der Waals surface area contributed by atoms with Crippen LogP contribution in [0.1, 0.15) is 18.5 Å². The fourth-order valence-electron chi connectivity index (χ4n) is 3.82. The van der Waals surface area contributed by atoms with Crippen molar-refractivity contribution in [2.24, 2.45) is 11.1 Å². The van der Waals surface area contributed by atoms with Gasteiger partial charge in [-0.2, -0.15) is 0 Å². The number of benzene rings is 2. The summed E-state index contributed by atoms with van der Waals surface area (Å²) in [5, 5.41) is 3.83. The van der Waals surface area contributed by atoms with Crippen molar-refractivity contribution in [3.63, 3.8) is 0 Å². The number of carbonyl (C=O) groups excluding carboxylic acids is 2. The van der Waals surface area contributed by atoms with E-state index in [-0.39, 0.29) is 30.0 Å². The molecule has 8 nitrogen and oxygen atoms in total. The second kappa shape index (κ2) is 8.88. The molecule has 1 aliphatic rings. The number of pyridine rings is 1. The molecule has 4 aromatic rings. The fraction of sp³-hybridized carbons (Fsp3) is 0.154. The van der Waals surface area contributed by atoms with Gasteiger partial charge in [-0.3, -0.25) is 19.5 Å². The minimum Gasteiger partial charge on any atom is -0.457 e. The Bertz CT molecular complexity index is 1470. The highest BCUT2D eigenvalue weighted by molar-refractivity contribution is 6.16. The van der Waals surface area contributed by atoms with Crippen LogP contribution in [0.15, 0.2) is 71.4 Å². The molecule has 0 bridgehead atoms. The van der Waals surface area contributed by atoms with Gasteiger partial charge in [0.25, 0.3) is 0 Å². The molecule has 2 aromatic carbocycles. The molecule has 36 heavy (non-hydrogen) atoms. The first-order valence-electron chi connectivity index (χ1n) is 11.0. The first-order valence-corrected chi connectivity index (χ1v) is 11.0.